The van der Waals surface area contributed by atoms with E-state index in [1.165, 1.54) is 7.11 Å². The summed E-state index contributed by atoms with van der Waals surface area (Å²) in [5.41, 5.74) is 3.60. The third-order valence-corrected chi connectivity index (χ3v) is 4.78. The van der Waals surface area contributed by atoms with Crippen molar-refractivity contribution in [3.05, 3.63) is 102 Å². The van der Waals surface area contributed by atoms with E-state index in [1.807, 2.05) is 96.0 Å². The summed E-state index contributed by atoms with van der Waals surface area (Å²) in [5.74, 6) is -0.801. The number of para-hydroxylation sites is 1. The lowest BCUT2D eigenvalue weighted by molar-refractivity contribution is -0.143. The SMILES string of the molecule is COC(=O)[C@@H]1C(c2ccccc2)=NN(c2ccccc2)[C@H]1c1ccccc1. The summed E-state index contributed by atoms with van der Waals surface area (Å²) in [6, 6.07) is 29.5. The molecule has 0 N–H and O–H groups in total. The molecule has 4 nitrogen and oxygen atoms in total. The molecule has 0 saturated carbocycles. The summed E-state index contributed by atoms with van der Waals surface area (Å²) in [6.45, 7) is 0. The highest BCUT2D eigenvalue weighted by molar-refractivity contribution is 6.14. The molecule has 3 aromatic rings. The van der Waals surface area contributed by atoms with Gasteiger partial charge in [-0.15, -0.1) is 0 Å². The maximum Gasteiger partial charge on any atom is 0.317 e. The molecular formula is C23H20N2O2. The second kappa shape index (κ2) is 7.46. The average Bonchev–Trinajstić information content (AvgIpc) is 3.16. The maximum atomic E-state index is 12.8. The number of hydrogen-bond acceptors (Lipinski definition) is 4. The number of rotatable bonds is 4. The Balaban J connectivity index is 1.89. The molecule has 0 radical (unpaired) electrons. The Morgan fingerprint density at radius 2 is 1.41 bits per heavy atom. The Morgan fingerprint density at radius 3 is 2.00 bits per heavy atom. The Hall–Kier alpha value is -3.40. The molecule has 0 spiro atoms. The van der Waals surface area contributed by atoms with E-state index in [0.29, 0.717) is 0 Å². The van der Waals surface area contributed by atoms with E-state index in [4.69, 9.17) is 9.84 Å². The van der Waals surface area contributed by atoms with Crippen LogP contribution in [0.25, 0.3) is 0 Å². The van der Waals surface area contributed by atoms with Gasteiger partial charge in [0.05, 0.1) is 24.6 Å². The fourth-order valence-corrected chi connectivity index (χ4v) is 3.53. The second-order valence-electron chi connectivity index (χ2n) is 6.39. The van der Waals surface area contributed by atoms with Crippen LogP contribution in [-0.4, -0.2) is 18.8 Å². The number of hydrogen-bond donors (Lipinski definition) is 0. The fraction of sp³-hybridized carbons (Fsp3) is 0.130. The van der Waals surface area contributed by atoms with Crippen LogP contribution in [0.3, 0.4) is 0 Å². The van der Waals surface area contributed by atoms with Gasteiger partial charge in [-0.25, -0.2) is 0 Å². The van der Waals surface area contributed by atoms with Crippen LogP contribution in [0, 0.1) is 5.92 Å². The largest absolute Gasteiger partial charge is 0.468 e. The lowest BCUT2D eigenvalue weighted by Gasteiger charge is -2.27. The zero-order valence-electron chi connectivity index (χ0n) is 15.0. The Morgan fingerprint density at radius 1 is 0.852 bits per heavy atom. The molecule has 134 valence electrons. The number of ether oxygens (including phenoxy) is 1. The quantitative estimate of drug-likeness (QED) is 0.649. The third-order valence-electron chi connectivity index (χ3n) is 4.78. The molecule has 0 aliphatic carbocycles. The number of benzene rings is 3. The summed E-state index contributed by atoms with van der Waals surface area (Å²) in [4.78, 5) is 12.8. The zero-order valence-corrected chi connectivity index (χ0v) is 15.0. The van der Waals surface area contributed by atoms with E-state index in [-0.39, 0.29) is 12.0 Å². The Kier molecular flexibility index (Phi) is 4.71. The van der Waals surface area contributed by atoms with Crippen LogP contribution in [0.4, 0.5) is 5.69 Å². The van der Waals surface area contributed by atoms with Crippen molar-refractivity contribution < 1.29 is 9.53 Å². The highest BCUT2D eigenvalue weighted by Gasteiger charge is 2.44. The molecule has 27 heavy (non-hydrogen) atoms. The number of carbonyl (C=O) groups is 1. The summed E-state index contributed by atoms with van der Waals surface area (Å²) in [7, 11) is 1.43. The molecule has 4 heteroatoms. The first-order chi connectivity index (χ1) is 13.3. The Bertz CT molecular complexity index is 940. The predicted molar refractivity (Wildman–Crippen MR) is 107 cm³/mol. The molecule has 0 saturated heterocycles. The molecule has 0 aromatic heterocycles. The maximum absolute atomic E-state index is 12.8. The number of hydrazone groups is 1. The number of methoxy groups -OCH3 is 1. The van der Waals surface area contributed by atoms with Gasteiger partial charge in [-0.2, -0.15) is 5.10 Å². The van der Waals surface area contributed by atoms with Crippen molar-refractivity contribution in [1.29, 1.82) is 0 Å². The standard InChI is InChI=1S/C23H20N2O2/c1-27-23(26)20-21(17-11-5-2-6-12-17)24-25(19-15-9-4-10-16-19)22(20)18-13-7-3-8-14-18/h2-16,20,22H,1H3/t20-,22+/m1/s1. The highest BCUT2D eigenvalue weighted by atomic mass is 16.5. The van der Waals surface area contributed by atoms with Crippen molar-refractivity contribution in [1.82, 2.24) is 0 Å². The topological polar surface area (TPSA) is 41.9 Å². The number of anilines is 1. The smallest absolute Gasteiger partial charge is 0.317 e. The van der Waals surface area contributed by atoms with Gasteiger partial charge in [-0.3, -0.25) is 9.80 Å². The molecule has 2 atom stereocenters. The van der Waals surface area contributed by atoms with E-state index in [1.54, 1.807) is 0 Å². The average molecular weight is 356 g/mol. The van der Waals surface area contributed by atoms with E-state index in [0.717, 1.165) is 22.5 Å². The van der Waals surface area contributed by atoms with Gasteiger partial charge in [0.2, 0.25) is 0 Å². The van der Waals surface area contributed by atoms with E-state index in [2.05, 4.69) is 0 Å². The number of nitrogens with zero attached hydrogens (tertiary/aromatic N) is 2. The molecule has 1 aliphatic heterocycles. The fourth-order valence-electron chi connectivity index (χ4n) is 3.53. The van der Waals surface area contributed by atoms with Gasteiger partial charge in [0.15, 0.2) is 0 Å². The minimum atomic E-state index is -0.514. The molecule has 1 heterocycles. The van der Waals surface area contributed by atoms with Gasteiger partial charge in [0, 0.05) is 0 Å². The minimum Gasteiger partial charge on any atom is -0.468 e. The van der Waals surface area contributed by atoms with Crippen molar-refractivity contribution in [3.63, 3.8) is 0 Å². The lowest BCUT2D eigenvalue weighted by Crippen LogP contribution is -2.32. The first-order valence-electron chi connectivity index (χ1n) is 8.90. The van der Waals surface area contributed by atoms with Crippen molar-refractivity contribution in [2.24, 2.45) is 11.0 Å². The molecule has 3 aromatic carbocycles. The van der Waals surface area contributed by atoms with Crippen molar-refractivity contribution in [2.75, 3.05) is 12.1 Å². The summed E-state index contributed by atoms with van der Waals surface area (Å²) >= 11 is 0. The van der Waals surface area contributed by atoms with Crippen molar-refractivity contribution in [2.45, 2.75) is 6.04 Å². The van der Waals surface area contributed by atoms with Gasteiger partial charge in [0.25, 0.3) is 0 Å². The summed E-state index contributed by atoms with van der Waals surface area (Å²) in [6.07, 6.45) is 0. The van der Waals surface area contributed by atoms with Crippen LogP contribution in [0.15, 0.2) is 96.1 Å². The van der Waals surface area contributed by atoms with Crippen LogP contribution in [0.1, 0.15) is 17.2 Å². The van der Waals surface area contributed by atoms with E-state index < -0.39 is 5.92 Å². The lowest BCUT2D eigenvalue weighted by atomic mass is 9.87. The van der Waals surface area contributed by atoms with Gasteiger partial charge in [-0.1, -0.05) is 78.9 Å². The van der Waals surface area contributed by atoms with Crippen molar-refractivity contribution >= 4 is 17.4 Å². The Labute approximate surface area is 158 Å². The minimum absolute atomic E-state index is 0.267. The highest BCUT2D eigenvalue weighted by Crippen LogP contribution is 2.41. The first-order valence-corrected chi connectivity index (χ1v) is 8.90. The van der Waals surface area contributed by atoms with E-state index >= 15 is 0 Å². The van der Waals surface area contributed by atoms with Gasteiger partial charge in [0.1, 0.15) is 5.92 Å². The van der Waals surface area contributed by atoms with Gasteiger partial charge < -0.3 is 4.74 Å². The molecule has 0 fully saturated rings. The van der Waals surface area contributed by atoms with Crippen LogP contribution in [-0.2, 0) is 9.53 Å². The molecule has 0 bridgehead atoms. The van der Waals surface area contributed by atoms with Gasteiger partial charge >= 0.3 is 5.97 Å². The molecular weight excluding hydrogens is 336 g/mol. The van der Waals surface area contributed by atoms with Crippen LogP contribution >= 0.6 is 0 Å². The van der Waals surface area contributed by atoms with E-state index in [9.17, 15) is 4.79 Å². The molecule has 0 amide bonds. The predicted octanol–water partition coefficient (Wildman–Crippen LogP) is 4.44. The zero-order chi connectivity index (χ0) is 18.6. The first kappa shape index (κ1) is 17.0. The van der Waals surface area contributed by atoms with Crippen LogP contribution < -0.4 is 5.01 Å². The second-order valence-corrected chi connectivity index (χ2v) is 6.39. The summed E-state index contributed by atoms with van der Waals surface area (Å²) < 4.78 is 5.18. The molecule has 0 unspecified atom stereocenters. The number of esters is 1. The molecule has 4 rings (SSSR count). The summed E-state index contributed by atoms with van der Waals surface area (Å²) in [5, 5.41) is 6.82. The monoisotopic (exact) mass is 356 g/mol. The van der Waals surface area contributed by atoms with Crippen molar-refractivity contribution in [3.8, 4) is 0 Å². The van der Waals surface area contributed by atoms with Crippen LogP contribution in [0.5, 0.6) is 0 Å². The van der Waals surface area contributed by atoms with Crippen LogP contribution in [0.2, 0.25) is 0 Å². The number of carbonyl (C=O) groups excluding carboxylic acids is 1. The third kappa shape index (κ3) is 3.22. The molecule has 1 aliphatic rings. The van der Waals surface area contributed by atoms with Gasteiger partial charge in [-0.05, 0) is 23.3 Å². The normalized spacial score (nSPS) is 18.9.